The third-order valence-electron chi connectivity index (χ3n) is 2.22. The molecule has 0 bridgehead atoms. The lowest BCUT2D eigenvalue weighted by molar-refractivity contribution is 0.867. The Kier molecular flexibility index (Phi) is 2.50. The van der Waals surface area contributed by atoms with Crippen LogP contribution in [0.15, 0.2) is 29.0 Å². The van der Waals surface area contributed by atoms with Crippen LogP contribution in [0.1, 0.15) is 25.3 Å². The van der Waals surface area contributed by atoms with Crippen molar-refractivity contribution >= 4 is 27.0 Å². The molecule has 0 amide bonds. The number of aromatic nitrogens is 2. The Morgan fingerprint density at radius 3 is 2.57 bits per heavy atom. The van der Waals surface area contributed by atoms with E-state index in [1.165, 1.54) is 5.56 Å². The molecule has 2 aromatic rings. The summed E-state index contributed by atoms with van der Waals surface area (Å²) in [4.78, 5) is 8.56. The zero-order valence-electron chi connectivity index (χ0n) is 8.16. The van der Waals surface area contributed by atoms with Gasteiger partial charge in [0.2, 0.25) is 0 Å². The molecule has 0 unspecified atom stereocenters. The second-order valence-electron chi connectivity index (χ2n) is 3.58. The predicted octanol–water partition coefficient (Wildman–Crippen LogP) is 3.52. The van der Waals surface area contributed by atoms with Crippen LogP contribution in [0, 0.1) is 0 Å². The van der Waals surface area contributed by atoms with E-state index >= 15 is 0 Å². The molecule has 0 aliphatic heterocycles. The van der Waals surface area contributed by atoms with Crippen LogP contribution in [0.5, 0.6) is 0 Å². The van der Waals surface area contributed by atoms with Crippen molar-refractivity contribution in [3.63, 3.8) is 0 Å². The number of benzene rings is 1. The van der Waals surface area contributed by atoms with Crippen LogP contribution in [0.4, 0.5) is 0 Å². The van der Waals surface area contributed by atoms with E-state index < -0.39 is 0 Å². The standard InChI is InChI=1S/C11H11BrN2/c1-7(2)8-5-9(12)11-10(6-8)13-3-4-14-11/h3-7H,1-2H3. The molecule has 3 heteroatoms. The first-order chi connectivity index (χ1) is 6.68. The Balaban J connectivity index is 2.72. The molecule has 0 atom stereocenters. The number of hydrogen-bond donors (Lipinski definition) is 0. The maximum atomic E-state index is 4.29. The van der Waals surface area contributed by atoms with Gasteiger partial charge in [-0.15, -0.1) is 0 Å². The van der Waals surface area contributed by atoms with E-state index in [0.717, 1.165) is 15.5 Å². The quantitative estimate of drug-likeness (QED) is 0.774. The molecule has 0 saturated carbocycles. The molecule has 0 aliphatic carbocycles. The van der Waals surface area contributed by atoms with E-state index in [2.05, 4.69) is 51.9 Å². The van der Waals surface area contributed by atoms with Crippen LogP contribution in [-0.4, -0.2) is 9.97 Å². The Morgan fingerprint density at radius 2 is 1.86 bits per heavy atom. The number of rotatable bonds is 1. The Hall–Kier alpha value is -0.960. The lowest BCUT2D eigenvalue weighted by Crippen LogP contribution is -1.90. The fourth-order valence-electron chi connectivity index (χ4n) is 1.39. The van der Waals surface area contributed by atoms with Crippen molar-refractivity contribution in [2.45, 2.75) is 19.8 Å². The van der Waals surface area contributed by atoms with Crippen molar-refractivity contribution in [2.24, 2.45) is 0 Å². The SMILES string of the molecule is CC(C)c1cc(Br)c2nccnc2c1. The highest BCUT2D eigenvalue weighted by atomic mass is 79.9. The van der Waals surface area contributed by atoms with E-state index in [1.807, 2.05) is 0 Å². The fraction of sp³-hybridized carbons (Fsp3) is 0.273. The average Bonchev–Trinajstić information content (AvgIpc) is 2.17. The summed E-state index contributed by atoms with van der Waals surface area (Å²) in [5.74, 6) is 0.512. The number of nitrogens with zero attached hydrogens (tertiary/aromatic N) is 2. The van der Waals surface area contributed by atoms with E-state index in [1.54, 1.807) is 12.4 Å². The first kappa shape index (κ1) is 9.59. The van der Waals surface area contributed by atoms with Crippen LogP contribution < -0.4 is 0 Å². The summed E-state index contributed by atoms with van der Waals surface area (Å²) in [5, 5.41) is 0. The van der Waals surface area contributed by atoms with Gasteiger partial charge in [0.15, 0.2) is 0 Å². The van der Waals surface area contributed by atoms with Gasteiger partial charge in [0.05, 0.1) is 5.52 Å². The van der Waals surface area contributed by atoms with Gasteiger partial charge < -0.3 is 0 Å². The van der Waals surface area contributed by atoms with Crippen LogP contribution in [0.25, 0.3) is 11.0 Å². The molecule has 1 heterocycles. The molecular formula is C11H11BrN2. The van der Waals surface area contributed by atoms with Crippen molar-refractivity contribution in [1.29, 1.82) is 0 Å². The first-order valence-electron chi connectivity index (χ1n) is 4.58. The highest BCUT2D eigenvalue weighted by molar-refractivity contribution is 9.10. The zero-order valence-corrected chi connectivity index (χ0v) is 9.75. The summed E-state index contributed by atoms with van der Waals surface area (Å²) in [5.41, 5.74) is 3.16. The Bertz CT molecular complexity index is 466. The summed E-state index contributed by atoms with van der Waals surface area (Å²) in [6.07, 6.45) is 3.43. The molecule has 0 spiro atoms. The van der Waals surface area contributed by atoms with Crippen LogP contribution in [0.3, 0.4) is 0 Å². The lowest BCUT2D eigenvalue weighted by Gasteiger charge is -2.07. The van der Waals surface area contributed by atoms with E-state index in [0.29, 0.717) is 5.92 Å². The normalized spacial score (nSPS) is 11.1. The summed E-state index contributed by atoms with van der Waals surface area (Å²) in [6, 6.07) is 4.21. The van der Waals surface area contributed by atoms with Gasteiger partial charge in [-0.25, -0.2) is 0 Å². The molecule has 0 saturated heterocycles. The van der Waals surface area contributed by atoms with Crippen LogP contribution >= 0.6 is 15.9 Å². The molecule has 0 fully saturated rings. The minimum absolute atomic E-state index is 0.512. The van der Waals surface area contributed by atoms with Gasteiger partial charge in [-0.1, -0.05) is 13.8 Å². The molecule has 1 aromatic carbocycles. The summed E-state index contributed by atoms with van der Waals surface area (Å²) >= 11 is 3.51. The molecule has 2 rings (SSSR count). The average molecular weight is 251 g/mol. The van der Waals surface area contributed by atoms with Crippen molar-refractivity contribution in [2.75, 3.05) is 0 Å². The van der Waals surface area contributed by atoms with Gasteiger partial charge in [-0.2, -0.15) is 0 Å². The van der Waals surface area contributed by atoms with Crippen molar-refractivity contribution in [3.8, 4) is 0 Å². The highest BCUT2D eigenvalue weighted by Gasteiger charge is 2.05. The van der Waals surface area contributed by atoms with E-state index in [9.17, 15) is 0 Å². The second-order valence-corrected chi connectivity index (χ2v) is 4.44. The molecule has 72 valence electrons. The molecular weight excluding hydrogens is 240 g/mol. The first-order valence-corrected chi connectivity index (χ1v) is 5.38. The summed E-state index contributed by atoms with van der Waals surface area (Å²) in [7, 11) is 0. The molecule has 14 heavy (non-hydrogen) atoms. The number of fused-ring (bicyclic) bond motifs is 1. The lowest BCUT2D eigenvalue weighted by atomic mass is 10.0. The topological polar surface area (TPSA) is 25.8 Å². The van der Waals surface area contributed by atoms with Crippen molar-refractivity contribution < 1.29 is 0 Å². The molecule has 0 radical (unpaired) electrons. The molecule has 1 aromatic heterocycles. The highest BCUT2D eigenvalue weighted by Crippen LogP contribution is 2.26. The van der Waals surface area contributed by atoms with Crippen LogP contribution in [0.2, 0.25) is 0 Å². The molecule has 0 N–H and O–H groups in total. The van der Waals surface area contributed by atoms with Crippen LogP contribution in [-0.2, 0) is 0 Å². The summed E-state index contributed by atoms with van der Waals surface area (Å²) < 4.78 is 1.02. The van der Waals surface area contributed by atoms with Gasteiger partial charge >= 0.3 is 0 Å². The Labute approximate surface area is 91.5 Å². The number of halogens is 1. The monoisotopic (exact) mass is 250 g/mol. The fourth-order valence-corrected chi connectivity index (χ4v) is 1.96. The van der Waals surface area contributed by atoms with Gasteiger partial charge in [-0.3, -0.25) is 9.97 Å². The zero-order chi connectivity index (χ0) is 10.1. The maximum absolute atomic E-state index is 4.29. The minimum Gasteiger partial charge on any atom is -0.253 e. The minimum atomic E-state index is 0.512. The van der Waals surface area contributed by atoms with E-state index in [-0.39, 0.29) is 0 Å². The predicted molar refractivity (Wildman–Crippen MR) is 61.3 cm³/mol. The number of hydrogen-bond acceptors (Lipinski definition) is 2. The largest absolute Gasteiger partial charge is 0.253 e. The van der Waals surface area contributed by atoms with Gasteiger partial charge in [0.25, 0.3) is 0 Å². The second kappa shape index (κ2) is 3.65. The molecule has 2 nitrogen and oxygen atoms in total. The molecule has 0 aliphatic rings. The van der Waals surface area contributed by atoms with E-state index in [4.69, 9.17) is 0 Å². The third-order valence-corrected chi connectivity index (χ3v) is 2.82. The van der Waals surface area contributed by atoms with Gasteiger partial charge in [-0.05, 0) is 39.5 Å². The Morgan fingerprint density at radius 1 is 1.14 bits per heavy atom. The van der Waals surface area contributed by atoms with Crippen molar-refractivity contribution in [3.05, 3.63) is 34.6 Å². The van der Waals surface area contributed by atoms with Gasteiger partial charge in [0, 0.05) is 16.9 Å². The smallest absolute Gasteiger partial charge is 0.103 e. The summed E-state index contributed by atoms with van der Waals surface area (Å²) in [6.45, 7) is 4.34. The maximum Gasteiger partial charge on any atom is 0.103 e. The van der Waals surface area contributed by atoms with Gasteiger partial charge in [0.1, 0.15) is 5.52 Å². The van der Waals surface area contributed by atoms with Crippen molar-refractivity contribution in [1.82, 2.24) is 9.97 Å². The third kappa shape index (κ3) is 1.64.